The lowest BCUT2D eigenvalue weighted by Gasteiger charge is -2.28. The van der Waals surface area contributed by atoms with Crippen LogP contribution in [0.15, 0.2) is 0 Å². The van der Waals surface area contributed by atoms with E-state index < -0.39 is 30.4 Å². The molecule has 0 spiro atoms. The Morgan fingerprint density at radius 2 is 1.90 bits per heavy atom. The van der Waals surface area contributed by atoms with Crippen LogP contribution in [0.25, 0.3) is 0 Å². The highest BCUT2D eigenvalue weighted by Crippen LogP contribution is 2.03. The fourth-order valence-corrected chi connectivity index (χ4v) is 1.95. The number of ketones is 1. The fourth-order valence-electron chi connectivity index (χ4n) is 1.95. The van der Waals surface area contributed by atoms with E-state index in [2.05, 4.69) is 10.6 Å². The first-order valence-corrected chi connectivity index (χ1v) is 6.91. The Morgan fingerprint density at radius 1 is 1.29 bits per heavy atom. The summed E-state index contributed by atoms with van der Waals surface area (Å²) >= 11 is 0. The number of hydrogen-bond acceptors (Lipinski definition) is 5. The molecule has 21 heavy (non-hydrogen) atoms. The second-order valence-corrected chi connectivity index (χ2v) is 4.87. The SMILES string of the molecule is CN[C@@H](CC(=O)N1CCOCC1)C(=O)NC(C)C(=O)CF. The van der Waals surface area contributed by atoms with Crippen molar-refractivity contribution in [3.05, 3.63) is 0 Å². The summed E-state index contributed by atoms with van der Waals surface area (Å²) in [5.74, 6) is -1.34. The van der Waals surface area contributed by atoms with Crippen LogP contribution in [0.2, 0.25) is 0 Å². The predicted molar refractivity (Wildman–Crippen MR) is 73.5 cm³/mol. The van der Waals surface area contributed by atoms with Gasteiger partial charge in [0.1, 0.15) is 6.67 Å². The molecule has 0 saturated carbocycles. The van der Waals surface area contributed by atoms with Gasteiger partial charge in [-0.25, -0.2) is 4.39 Å². The molecule has 1 rings (SSSR count). The lowest BCUT2D eigenvalue weighted by Crippen LogP contribution is -2.51. The quantitative estimate of drug-likeness (QED) is 0.621. The van der Waals surface area contributed by atoms with Crippen molar-refractivity contribution in [2.75, 3.05) is 40.0 Å². The standard InChI is InChI=1S/C13H22FN3O4/c1-9(11(18)8-14)16-13(20)10(15-2)7-12(19)17-3-5-21-6-4-17/h9-10,15H,3-8H2,1-2H3,(H,16,20)/t9?,10-/m0/s1. The van der Waals surface area contributed by atoms with E-state index >= 15 is 0 Å². The van der Waals surface area contributed by atoms with E-state index in [0.717, 1.165) is 0 Å². The third-order valence-electron chi connectivity index (χ3n) is 3.38. The van der Waals surface area contributed by atoms with Gasteiger partial charge in [0.25, 0.3) is 0 Å². The molecule has 1 saturated heterocycles. The molecule has 2 N–H and O–H groups in total. The van der Waals surface area contributed by atoms with E-state index in [-0.39, 0.29) is 12.3 Å². The van der Waals surface area contributed by atoms with Crippen molar-refractivity contribution in [1.82, 2.24) is 15.5 Å². The summed E-state index contributed by atoms with van der Waals surface area (Å²) in [5, 5.41) is 5.14. The Labute approximate surface area is 123 Å². The fraction of sp³-hybridized carbons (Fsp3) is 0.769. The van der Waals surface area contributed by atoms with Gasteiger partial charge in [0.05, 0.1) is 31.7 Å². The number of nitrogens with one attached hydrogen (secondary N) is 2. The number of ether oxygens (including phenoxy) is 1. The summed E-state index contributed by atoms with van der Waals surface area (Å²) < 4.78 is 17.4. The van der Waals surface area contributed by atoms with E-state index in [1.54, 1.807) is 11.9 Å². The van der Waals surface area contributed by atoms with Gasteiger partial charge in [0.2, 0.25) is 11.8 Å². The minimum absolute atomic E-state index is 0.0150. The highest BCUT2D eigenvalue weighted by Gasteiger charge is 2.26. The lowest BCUT2D eigenvalue weighted by atomic mass is 10.1. The van der Waals surface area contributed by atoms with Crippen LogP contribution in [0.3, 0.4) is 0 Å². The maximum absolute atomic E-state index is 12.2. The van der Waals surface area contributed by atoms with Crippen LogP contribution in [0, 0.1) is 0 Å². The summed E-state index contributed by atoms with van der Waals surface area (Å²) in [4.78, 5) is 36.8. The van der Waals surface area contributed by atoms with Gasteiger partial charge in [-0.05, 0) is 14.0 Å². The number of carbonyl (C=O) groups is 3. The molecule has 7 nitrogen and oxygen atoms in total. The molecule has 0 aromatic carbocycles. The molecule has 1 heterocycles. The number of halogens is 1. The molecular formula is C13H22FN3O4. The predicted octanol–water partition coefficient (Wildman–Crippen LogP) is -1.13. The smallest absolute Gasteiger partial charge is 0.238 e. The number of Topliss-reactive ketones (excluding diaryl/α,β-unsaturated/α-hetero) is 1. The first-order valence-electron chi connectivity index (χ1n) is 6.91. The summed E-state index contributed by atoms with van der Waals surface area (Å²) in [6.07, 6.45) is -0.0150. The Kier molecular flexibility index (Phi) is 7.24. The molecule has 0 bridgehead atoms. The minimum atomic E-state index is -1.13. The van der Waals surface area contributed by atoms with Crippen LogP contribution in [0.4, 0.5) is 4.39 Å². The van der Waals surface area contributed by atoms with Crippen molar-refractivity contribution in [2.24, 2.45) is 0 Å². The molecule has 2 amide bonds. The van der Waals surface area contributed by atoms with Gasteiger partial charge < -0.3 is 20.3 Å². The highest BCUT2D eigenvalue weighted by atomic mass is 19.1. The van der Waals surface area contributed by atoms with Gasteiger partial charge in [-0.15, -0.1) is 0 Å². The zero-order valence-electron chi connectivity index (χ0n) is 12.4. The van der Waals surface area contributed by atoms with Gasteiger partial charge in [0, 0.05) is 13.1 Å². The maximum atomic E-state index is 12.2. The van der Waals surface area contributed by atoms with Gasteiger partial charge in [-0.1, -0.05) is 0 Å². The molecule has 8 heteroatoms. The highest BCUT2D eigenvalue weighted by molar-refractivity contribution is 5.93. The topological polar surface area (TPSA) is 87.7 Å². The van der Waals surface area contributed by atoms with Crippen molar-refractivity contribution >= 4 is 17.6 Å². The molecular weight excluding hydrogens is 281 g/mol. The Morgan fingerprint density at radius 3 is 2.43 bits per heavy atom. The lowest BCUT2D eigenvalue weighted by molar-refractivity contribution is -0.138. The number of hydrogen-bond donors (Lipinski definition) is 2. The molecule has 0 aromatic heterocycles. The van der Waals surface area contributed by atoms with Crippen molar-refractivity contribution in [2.45, 2.75) is 25.4 Å². The maximum Gasteiger partial charge on any atom is 0.238 e. The molecule has 1 aliphatic heterocycles. The number of nitrogens with zero attached hydrogens (tertiary/aromatic N) is 1. The van der Waals surface area contributed by atoms with Gasteiger partial charge in [-0.3, -0.25) is 14.4 Å². The number of rotatable bonds is 7. The van der Waals surface area contributed by atoms with Crippen LogP contribution < -0.4 is 10.6 Å². The average molecular weight is 303 g/mol. The molecule has 1 fully saturated rings. The van der Waals surface area contributed by atoms with Gasteiger partial charge in [-0.2, -0.15) is 0 Å². The number of amides is 2. The van der Waals surface area contributed by atoms with E-state index in [1.807, 2.05) is 0 Å². The normalized spacial score (nSPS) is 18.0. The molecule has 0 aliphatic carbocycles. The minimum Gasteiger partial charge on any atom is -0.378 e. The largest absolute Gasteiger partial charge is 0.378 e. The van der Waals surface area contributed by atoms with E-state index in [0.29, 0.717) is 26.3 Å². The van der Waals surface area contributed by atoms with E-state index in [9.17, 15) is 18.8 Å². The van der Waals surface area contributed by atoms with Crippen molar-refractivity contribution in [3.63, 3.8) is 0 Å². The van der Waals surface area contributed by atoms with E-state index in [1.165, 1.54) is 6.92 Å². The summed E-state index contributed by atoms with van der Waals surface area (Å²) in [7, 11) is 1.55. The average Bonchev–Trinajstić information content (AvgIpc) is 2.51. The van der Waals surface area contributed by atoms with Crippen LogP contribution in [-0.2, 0) is 19.1 Å². The molecule has 0 aromatic rings. The number of carbonyl (C=O) groups excluding carboxylic acids is 3. The van der Waals surface area contributed by atoms with Gasteiger partial charge >= 0.3 is 0 Å². The third-order valence-corrected chi connectivity index (χ3v) is 3.38. The molecule has 0 radical (unpaired) electrons. The van der Waals surface area contributed by atoms with Crippen LogP contribution >= 0.6 is 0 Å². The van der Waals surface area contributed by atoms with Crippen molar-refractivity contribution < 1.29 is 23.5 Å². The van der Waals surface area contributed by atoms with Crippen LogP contribution in [0.5, 0.6) is 0 Å². The number of morpholine rings is 1. The van der Waals surface area contributed by atoms with Crippen LogP contribution in [-0.4, -0.2) is 74.6 Å². The summed E-state index contributed by atoms with van der Waals surface area (Å²) in [5.41, 5.74) is 0. The summed E-state index contributed by atoms with van der Waals surface area (Å²) in [6, 6.07) is -1.66. The monoisotopic (exact) mass is 303 g/mol. The Hall–Kier alpha value is -1.54. The first kappa shape index (κ1) is 17.5. The number of likely N-dealkylation sites (N-methyl/N-ethyl adjacent to an activating group) is 1. The van der Waals surface area contributed by atoms with Gasteiger partial charge in [0.15, 0.2) is 5.78 Å². The second-order valence-electron chi connectivity index (χ2n) is 4.87. The summed E-state index contributed by atoms with van der Waals surface area (Å²) in [6.45, 7) is 2.28. The molecule has 120 valence electrons. The molecule has 2 atom stereocenters. The first-order chi connectivity index (χ1) is 9.99. The Balaban J connectivity index is 2.50. The molecule has 1 aliphatic rings. The molecule has 1 unspecified atom stereocenters. The van der Waals surface area contributed by atoms with Crippen molar-refractivity contribution in [3.8, 4) is 0 Å². The second kappa shape index (κ2) is 8.68. The zero-order valence-corrected chi connectivity index (χ0v) is 12.4. The van der Waals surface area contributed by atoms with Crippen molar-refractivity contribution in [1.29, 1.82) is 0 Å². The number of alkyl halides is 1. The van der Waals surface area contributed by atoms with Crippen LogP contribution in [0.1, 0.15) is 13.3 Å². The zero-order chi connectivity index (χ0) is 15.8. The Bertz CT molecular complexity index is 386. The third kappa shape index (κ3) is 5.39. The van der Waals surface area contributed by atoms with E-state index in [4.69, 9.17) is 4.74 Å².